The third-order valence-electron chi connectivity index (χ3n) is 6.42. The number of anilines is 1. The van der Waals surface area contributed by atoms with Gasteiger partial charge >= 0.3 is 0 Å². The van der Waals surface area contributed by atoms with Crippen molar-refractivity contribution in [1.82, 2.24) is 4.90 Å². The predicted octanol–water partition coefficient (Wildman–Crippen LogP) is 4.34. The molecule has 3 heterocycles. The Morgan fingerprint density at radius 3 is 2.48 bits per heavy atom. The van der Waals surface area contributed by atoms with Crippen molar-refractivity contribution in [3.05, 3.63) is 53.6 Å². The Hall–Kier alpha value is -3.02. The van der Waals surface area contributed by atoms with Crippen molar-refractivity contribution in [3.63, 3.8) is 0 Å². The number of piperidine rings is 1. The zero-order valence-electron chi connectivity index (χ0n) is 17.7. The molecule has 0 saturated carbocycles. The highest BCUT2D eigenvalue weighted by atomic mass is 16.5. The molecule has 1 unspecified atom stereocenters. The van der Waals surface area contributed by atoms with E-state index in [1.165, 1.54) is 0 Å². The van der Waals surface area contributed by atoms with Gasteiger partial charge in [-0.05, 0) is 67.6 Å². The molecule has 6 heteroatoms. The predicted molar refractivity (Wildman–Crippen MR) is 118 cm³/mol. The average Bonchev–Trinajstić information content (AvgIpc) is 3.17. The van der Waals surface area contributed by atoms with Crippen molar-refractivity contribution in [2.24, 2.45) is 0 Å². The molecule has 2 saturated heterocycles. The Morgan fingerprint density at radius 2 is 1.68 bits per heavy atom. The summed E-state index contributed by atoms with van der Waals surface area (Å²) in [5, 5.41) is 0. The molecule has 2 aromatic rings. The van der Waals surface area contributed by atoms with Crippen molar-refractivity contribution >= 4 is 17.5 Å². The molecule has 162 valence electrons. The van der Waals surface area contributed by atoms with Gasteiger partial charge in [-0.15, -0.1) is 0 Å². The van der Waals surface area contributed by atoms with E-state index in [9.17, 15) is 9.59 Å². The second-order valence-corrected chi connectivity index (χ2v) is 8.46. The number of rotatable bonds is 3. The Labute approximate surface area is 182 Å². The van der Waals surface area contributed by atoms with E-state index in [4.69, 9.17) is 9.47 Å². The van der Waals surface area contributed by atoms with E-state index >= 15 is 0 Å². The minimum Gasteiger partial charge on any atom is -0.490 e. The van der Waals surface area contributed by atoms with Crippen molar-refractivity contribution in [2.75, 3.05) is 31.2 Å². The number of hydrogen-bond acceptors (Lipinski definition) is 4. The summed E-state index contributed by atoms with van der Waals surface area (Å²) in [6.07, 6.45) is 5.37. The fourth-order valence-electron chi connectivity index (χ4n) is 4.77. The van der Waals surface area contributed by atoms with Crippen LogP contribution in [0.2, 0.25) is 0 Å². The number of carbonyl (C=O) groups is 2. The van der Waals surface area contributed by atoms with Gasteiger partial charge in [-0.3, -0.25) is 9.59 Å². The summed E-state index contributed by atoms with van der Waals surface area (Å²) in [6, 6.07) is 13.6. The molecule has 0 N–H and O–H groups in total. The molecule has 3 aliphatic heterocycles. The number of ether oxygens (including phenoxy) is 2. The maximum atomic E-state index is 13.3. The highest BCUT2D eigenvalue weighted by molar-refractivity contribution is 5.97. The normalized spacial score (nSPS) is 21.2. The number of carbonyl (C=O) groups excluding carboxylic acids is 2. The van der Waals surface area contributed by atoms with Gasteiger partial charge in [-0.25, -0.2) is 0 Å². The zero-order chi connectivity index (χ0) is 21.2. The van der Waals surface area contributed by atoms with Gasteiger partial charge < -0.3 is 19.3 Å². The molecule has 0 aromatic heterocycles. The van der Waals surface area contributed by atoms with Crippen LogP contribution in [0.3, 0.4) is 0 Å². The van der Waals surface area contributed by atoms with Crippen LogP contribution in [-0.4, -0.2) is 43.0 Å². The summed E-state index contributed by atoms with van der Waals surface area (Å²) < 4.78 is 11.6. The summed E-state index contributed by atoms with van der Waals surface area (Å²) in [7, 11) is 0. The fourth-order valence-corrected chi connectivity index (χ4v) is 4.77. The van der Waals surface area contributed by atoms with E-state index in [1.807, 2.05) is 46.2 Å². The molecule has 0 bridgehead atoms. The molecule has 2 amide bonds. The molecular formula is C25H28N2O4. The van der Waals surface area contributed by atoms with Gasteiger partial charge in [-0.1, -0.05) is 6.07 Å². The fraction of sp³-hybridized carbons (Fsp3) is 0.440. The van der Waals surface area contributed by atoms with Gasteiger partial charge in [0.05, 0.1) is 19.3 Å². The first-order valence-corrected chi connectivity index (χ1v) is 11.3. The molecule has 31 heavy (non-hydrogen) atoms. The zero-order valence-corrected chi connectivity index (χ0v) is 17.7. The van der Waals surface area contributed by atoms with Crippen LogP contribution >= 0.6 is 0 Å². The SMILES string of the molecule is O=C1CCCCN1c1ccc(C(=O)N2CCCC2c2ccc3c(c2)OCCCO3)cc1. The number of hydrogen-bond donors (Lipinski definition) is 0. The Bertz CT molecular complexity index is 972. The lowest BCUT2D eigenvalue weighted by Crippen LogP contribution is -2.35. The van der Waals surface area contributed by atoms with Gasteiger partial charge in [0, 0.05) is 37.2 Å². The van der Waals surface area contributed by atoms with Crippen LogP contribution in [0, 0.1) is 0 Å². The molecule has 0 aliphatic carbocycles. The molecule has 2 fully saturated rings. The minimum absolute atomic E-state index is 0.0335. The average molecular weight is 421 g/mol. The minimum atomic E-state index is 0.0335. The first-order valence-electron chi connectivity index (χ1n) is 11.3. The Kier molecular flexibility index (Phi) is 5.53. The standard InChI is InChI=1S/C25H28N2O4/c28-24-6-1-2-13-26(24)20-10-7-18(8-11-20)25(29)27-14-3-5-21(27)19-9-12-22-23(17-19)31-16-4-15-30-22/h7-12,17,21H,1-6,13-16H2. The quantitative estimate of drug-likeness (QED) is 0.741. The number of nitrogens with zero attached hydrogens (tertiary/aromatic N) is 2. The van der Waals surface area contributed by atoms with Crippen LogP contribution in [0.15, 0.2) is 42.5 Å². The molecule has 1 atom stereocenters. The van der Waals surface area contributed by atoms with Gasteiger partial charge in [0.25, 0.3) is 5.91 Å². The van der Waals surface area contributed by atoms with Crippen LogP contribution in [0.4, 0.5) is 5.69 Å². The first kappa shape index (κ1) is 19.9. The van der Waals surface area contributed by atoms with Gasteiger partial charge in [0.2, 0.25) is 5.91 Å². The summed E-state index contributed by atoms with van der Waals surface area (Å²) in [6.45, 7) is 2.81. The molecule has 0 radical (unpaired) electrons. The van der Waals surface area contributed by atoms with Crippen LogP contribution in [0.1, 0.15) is 60.5 Å². The monoisotopic (exact) mass is 420 g/mol. The molecular weight excluding hydrogens is 392 g/mol. The summed E-state index contributed by atoms with van der Waals surface area (Å²) in [5.74, 6) is 1.75. The number of fused-ring (bicyclic) bond motifs is 1. The second-order valence-electron chi connectivity index (χ2n) is 8.46. The summed E-state index contributed by atoms with van der Waals surface area (Å²) >= 11 is 0. The van der Waals surface area contributed by atoms with Crippen LogP contribution < -0.4 is 14.4 Å². The molecule has 0 spiro atoms. The van der Waals surface area contributed by atoms with E-state index in [0.717, 1.165) is 67.9 Å². The highest BCUT2D eigenvalue weighted by Gasteiger charge is 2.31. The molecule has 6 nitrogen and oxygen atoms in total. The number of benzene rings is 2. The lowest BCUT2D eigenvalue weighted by atomic mass is 10.0. The van der Waals surface area contributed by atoms with Gasteiger partial charge in [-0.2, -0.15) is 0 Å². The smallest absolute Gasteiger partial charge is 0.254 e. The second kappa shape index (κ2) is 8.61. The lowest BCUT2D eigenvalue weighted by molar-refractivity contribution is -0.119. The van der Waals surface area contributed by atoms with Crippen LogP contribution in [-0.2, 0) is 4.79 Å². The van der Waals surface area contributed by atoms with E-state index in [0.29, 0.717) is 25.2 Å². The van der Waals surface area contributed by atoms with Gasteiger partial charge in [0.1, 0.15) is 0 Å². The molecule has 2 aromatic carbocycles. The number of amides is 2. The number of likely N-dealkylation sites (tertiary alicyclic amines) is 1. The third kappa shape index (κ3) is 3.99. The first-order chi connectivity index (χ1) is 15.2. The molecule has 5 rings (SSSR count). The highest BCUT2D eigenvalue weighted by Crippen LogP contribution is 2.38. The van der Waals surface area contributed by atoms with Crippen LogP contribution in [0.5, 0.6) is 11.5 Å². The van der Waals surface area contributed by atoms with Crippen molar-refractivity contribution < 1.29 is 19.1 Å². The summed E-state index contributed by atoms with van der Waals surface area (Å²) in [4.78, 5) is 29.3. The Balaban J connectivity index is 1.34. The van der Waals surface area contributed by atoms with Crippen molar-refractivity contribution in [2.45, 2.75) is 44.6 Å². The Morgan fingerprint density at radius 1 is 0.871 bits per heavy atom. The van der Waals surface area contributed by atoms with E-state index in [1.54, 1.807) is 0 Å². The van der Waals surface area contributed by atoms with Gasteiger partial charge in [0.15, 0.2) is 11.5 Å². The lowest BCUT2D eigenvalue weighted by Gasteiger charge is -2.28. The van der Waals surface area contributed by atoms with E-state index in [2.05, 4.69) is 6.07 Å². The third-order valence-corrected chi connectivity index (χ3v) is 6.42. The van der Waals surface area contributed by atoms with Crippen molar-refractivity contribution in [3.8, 4) is 11.5 Å². The van der Waals surface area contributed by atoms with Crippen molar-refractivity contribution in [1.29, 1.82) is 0 Å². The van der Waals surface area contributed by atoms with E-state index < -0.39 is 0 Å². The van der Waals surface area contributed by atoms with E-state index in [-0.39, 0.29) is 17.9 Å². The molecule has 3 aliphatic rings. The topological polar surface area (TPSA) is 59.1 Å². The summed E-state index contributed by atoms with van der Waals surface area (Å²) in [5.41, 5.74) is 2.63. The largest absolute Gasteiger partial charge is 0.490 e. The maximum Gasteiger partial charge on any atom is 0.254 e. The maximum absolute atomic E-state index is 13.3. The van der Waals surface area contributed by atoms with Crippen LogP contribution in [0.25, 0.3) is 0 Å².